The largest absolute Gasteiger partial charge is 0.355 e. The van der Waals surface area contributed by atoms with Crippen molar-refractivity contribution in [2.75, 3.05) is 19.6 Å². The molecular weight excluding hydrogens is 295 g/mol. The lowest BCUT2D eigenvalue weighted by Gasteiger charge is -2.25. The van der Waals surface area contributed by atoms with Crippen LogP contribution >= 0.6 is 0 Å². The molecule has 2 aliphatic rings. The minimum absolute atomic E-state index is 0.0831. The second-order valence-corrected chi connectivity index (χ2v) is 6.71. The van der Waals surface area contributed by atoms with Crippen LogP contribution in [0.4, 0.5) is 4.39 Å². The van der Waals surface area contributed by atoms with Crippen molar-refractivity contribution in [3.05, 3.63) is 29.8 Å². The maximum absolute atomic E-state index is 13.2. The van der Waals surface area contributed by atoms with Crippen LogP contribution in [0.2, 0.25) is 0 Å². The fourth-order valence-electron chi connectivity index (χ4n) is 3.93. The highest BCUT2D eigenvalue weighted by Crippen LogP contribution is 2.36. The molecule has 1 amide bonds. The fraction of sp³-hybridized carbons (Fsp3) is 0.529. The van der Waals surface area contributed by atoms with Gasteiger partial charge in [-0.25, -0.2) is 9.37 Å². The summed E-state index contributed by atoms with van der Waals surface area (Å²) in [7, 11) is 0. The topological polar surface area (TPSA) is 61.0 Å². The Balaban J connectivity index is 1.26. The molecule has 1 saturated heterocycles. The Hall–Kier alpha value is -1.95. The standard InChI is InChI=1S/C17H21FN4O/c18-12-2-4-14-15(8-12)21-16(20-14)5-6-19-17(23)10-22-9-11-1-3-13(22)7-11/h2,4,8,11,13H,1,3,5-7,9-10H2,(H,19,23)(H,20,21)/t11-,13+/m0/s1. The minimum atomic E-state index is -0.277. The quantitative estimate of drug-likeness (QED) is 0.885. The van der Waals surface area contributed by atoms with Gasteiger partial charge >= 0.3 is 0 Å². The monoisotopic (exact) mass is 316 g/mol. The van der Waals surface area contributed by atoms with Crippen molar-refractivity contribution in [3.63, 3.8) is 0 Å². The molecule has 2 fully saturated rings. The van der Waals surface area contributed by atoms with Gasteiger partial charge in [0.15, 0.2) is 0 Å². The van der Waals surface area contributed by atoms with Crippen molar-refractivity contribution in [1.29, 1.82) is 0 Å². The molecule has 23 heavy (non-hydrogen) atoms. The Morgan fingerprint density at radius 1 is 1.43 bits per heavy atom. The Kier molecular flexibility index (Phi) is 3.77. The predicted molar refractivity (Wildman–Crippen MR) is 85.5 cm³/mol. The summed E-state index contributed by atoms with van der Waals surface area (Å²) in [5.74, 6) is 1.38. The lowest BCUT2D eigenvalue weighted by atomic mass is 10.1. The number of amides is 1. The lowest BCUT2D eigenvalue weighted by Crippen LogP contribution is -2.41. The number of H-pyrrole nitrogens is 1. The van der Waals surface area contributed by atoms with Crippen molar-refractivity contribution in [2.24, 2.45) is 5.92 Å². The van der Waals surface area contributed by atoms with E-state index in [4.69, 9.17) is 0 Å². The number of carbonyl (C=O) groups is 1. The number of nitrogens with one attached hydrogen (secondary N) is 2. The molecule has 0 unspecified atom stereocenters. The van der Waals surface area contributed by atoms with Gasteiger partial charge in [-0.1, -0.05) is 0 Å². The second-order valence-electron chi connectivity index (χ2n) is 6.71. The van der Waals surface area contributed by atoms with E-state index in [1.165, 1.54) is 31.4 Å². The van der Waals surface area contributed by atoms with E-state index in [-0.39, 0.29) is 11.7 Å². The summed E-state index contributed by atoms with van der Waals surface area (Å²) in [6.45, 7) is 2.13. The summed E-state index contributed by atoms with van der Waals surface area (Å²) in [5.41, 5.74) is 1.44. The van der Waals surface area contributed by atoms with Crippen LogP contribution in [-0.4, -0.2) is 46.5 Å². The Labute approximate surface area is 134 Å². The average Bonchev–Trinajstić information content (AvgIpc) is 3.21. The van der Waals surface area contributed by atoms with Crippen LogP contribution in [0.1, 0.15) is 25.1 Å². The van der Waals surface area contributed by atoms with E-state index in [0.717, 1.165) is 23.8 Å². The van der Waals surface area contributed by atoms with Crippen LogP contribution < -0.4 is 5.32 Å². The number of nitrogens with zero attached hydrogens (tertiary/aromatic N) is 2. The molecule has 2 heterocycles. The molecule has 2 atom stereocenters. The third kappa shape index (κ3) is 3.08. The van der Waals surface area contributed by atoms with E-state index in [1.54, 1.807) is 6.07 Å². The molecule has 4 rings (SSSR count). The first-order chi connectivity index (χ1) is 11.2. The molecule has 5 nitrogen and oxygen atoms in total. The maximum Gasteiger partial charge on any atom is 0.234 e. The molecule has 6 heteroatoms. The van der Waals surface area contributed by atoms with Gasteiger partial charge in [0.2, 0.25) is 5.91 Å². The molecule has 1 aliphatic heterocycles. The molecular formula is C17H21FN4O. The first-order valence-electron chi connectivity index (χ1n) is 8.32. The highest BCUT2D eigenvalue weighted by molar-refractivity contribution is 5.78. The van der Waals surface area contributed by atoms with Crippen LogP contribution in [0.5, 0.6) is 0 Å². The maximum atomic E-state index is 13.2. The molecule has 2 bridgehead atoms. The summed E-state index contributed by atoms with van der Waals surface area (Å²) in [4.78, 5) is 21.9. The van der Waals surface area contributed by atoms with E-state index in [1.807, 2.05) is 0 Å². The predicted octanol–water partition coefficient (Wildman–Crippen LogP) is 1.84. The highest BCUT2D eigenvalue weighted by Gasteiger charge is 2.38. The molecule has 1 aromatic heterocycles. The zero-order valence-corrected chi connectivity index (χ0v) is 13.0. The van der Waals surface area contributed by atoms with Gasteiger partial charge < -0.3 is 10.3 Å². The number of aromatic amines is 1. The smallest absolute Gasteiger partial charge is 0.234 e. The minimum Gasteiger partial charge on any atom is -0.355 e. The van der Waals surface area contributed by atoms with Gasteiger partial charge in [0.1, 0.15) is 11.6 Å². The van der Waals surface area contributed by atoms with E-state index >= 15 is 0 Å². The van der Waals surface area contributed by atoms with Crippen molar-refractivity contribution in [3.8, 4) is 0 Å². The number of halogens is 1. The van der Waals surface area contributed by atoms with Crippen LogP contribution in [0, 0.1) is 11.7 Å². The zero-order chi connectivity index (χ0) is 15.8. The third-order valence-corrected chi connectivity index (χ3v) is 5.05. The highest BCUT2D eigenvalue weighted by atomic mass is 19.1. The van der Waals surface area contributed by atoms with Crippen molar-refractivity contribution >= 4 is 16.9 Å². The Morgan fingerprint density at radius 2 is 2.35 bits per heavy atom. The first-order valence-corrected chi connectivity index (χ1v) is 8.32. The summed E-state index contributed by atoms with van der Waals surface area (Å²) < 4.78 is 13.2. The number of hydrogen-bond acceptors (Lipinski definition) is 3. The Morgan fingerprint density at radius 3 is 3.13 bits per heavy atom. The number of hydrogen-bond donors (Lipinski definition) is 2. The number of imidazole rings is 1. The van der Waals surface area contributed by atoms with Gasteiger partial charge in [0.05, 0.1) is 17.6 Å². The molecule has 2 aromatic rings. The average molecular weight is 316 g/mol. The number of benzene rings is 1. The van der Waals surface area contributed by atoms with E-state index in [2.05, 4.69) is 20.2 Å². The summed E-state index contributed by atoms with van der Waals surface area (Å²) in [6, 6.07) is 5.12. The van der Waals surface area contributed by atoms with Crippen molar-refractivity contribution in [2.45, 2.75) is 31.7 Å². The van der Waals surface area contributed by atoms with Gasteiger partial charge in [0, 0.05) is 25.6 Å². The molecule has 1 aromatic carbocycles. The number of aromatic nitrogens is 2. The molecule has 122 valence electrons. The second kappa shape index (κ2) is 5.92. The van der Waals surface area contributed by atoms with E-state index < -0.39 is 0 Å². The first kappa shape index (κ1) is 14.6. The summed E-state index contributed by atoms with van der Waals surface area (Å²) in [6.07, 6.45) is 4.46. The van der Waals surface area contributed by atoms with Gasteiger partial charge in [-0.2, -0.15) is 0 Å². The molecule has 1 saturated carbocycles. The lowest BCUT2D eigenvalue weighted by molar-refractivity contribution is -0.122. The van der Waals surface area contributed by atoms with Crippen LogP contribution in [0.15, 0.2) is 18.2 Å². The summed E-state index contributed by atoms with van der Waals surface area (Å²) in [5, 5.41) is 2.96. The summed E-state index contributed by atoms with van der Waals surface area (Å²) >= 11 is 0. The Bertz CT molecular complexity index is 728. The van der Waals surface area contributed by atoms with Crippen molar-refractivity contribution < 1.29 is 9.18 Å². The van der Waals surface area contributed by atoms with Crippen LogP contribution in [-0.2, 0) is 11.2 Å². The van der Waals surface area contributed by atoms with Gasteiger partial charge in [-0.05, 0) is 43.4 Å². The molecule has 0 spiro atoms. The number of fused-ring (bicyclic) bond motifs is 3. The van der Waals surface area contributed by atoms with Crippen LogP contribution in [0.3, 0.4) is 0 Å². The number of likely N-dealkylation sites (tertiary alicyclic amines) is 1. The number of piperidine rings is 1. The van der Waals surface area contributed by atoms with Crippen molar-refractivity contribution in [1.82, 2.24) is 20.2 Å². The van der Waals surface area contributed by atoms with E-state index in [9.17, 15) is 9.18 Å². The molecule has 0 radical (unpaired) electrons. The number of carbonyl (C=O) groups excluding carboxylic acids is 1. The molecule has 2 N–H and O–H groups in total. The normalized spacial score (nSPS) is 23.7. The fourth-order valence-corrected chi connectivity index (χ4v) is 3.93. The van der Waals surface area contributed by atoms with Crippen LogP contribution in [0.25, 0.3) is 11.0 Å². The number of rotatable bonds is 5. The third-order valence-electron chi connectivity index (χ3n) is 5.05. The SMILES string of the molecule is O=C(CN1C[C@H]2CC[C@@H]1C2)NCCc1nc2ccc(F)cc2[nH]1. The van der Waals surface area contributed by atoms with Gasteiger partial charge in [0.25, 0.3) is 0 Å². The molecule has 1 aliphatic carbocycles. The van der Waals surface area contributed by atoms with E-state index in [0.29, 0.717) is 31.1 Å². The van der Waals surface area contributed by atoms with Gasteiger partial charge in [-0.3, -0.25) is 9.69 Å². The zero-order valence-electron chi connectivity index (χ0n) is 13.0. The van der Waals surface area contributed by atoms with Gasteiger partial charge in [-0.15, -0.1) is 0 Å².